The van der Waals surface area contributed by atoms with Crippen molar-refractivity contribution in [3.8, 4) is 0 Å². The molecule has 1 aromatic carbocycles. The Kier molecular flexibility index (Phi) is 6.18. The minimum Gasteiger partial charge on any atom is -0.342 e. The number of rotatable bonds is 6. The van der Waals surface area contributed by atoms with Crippen LogP contribution in [0.2, 0.25) is 0 Å². The Balaban J connectivity index is 1.96. The summed E-state index contributed by atoms with van der Waals surface area (Å²) in [4.78, 5) is 14.6. The van der Waals surface area contributed by atoms with Gasteiger partial charge in [-0.05, 0) is 31.7 Å². The Labute approximate surface area is 139 Å². The molecule has 0 aliphatic carbocycles. The molecule has 0 aromatic heterocycles. The number of nitrogens with zero attached hydrogens (tertiary/aromatic N) is 2. The third-order valence-corrected chi connectivity index (χ3v) is 5.68. The van der Waals surface area contributed by atoms with Gasteiger partial charge in [0.25, 0.3) is 0 Å². The lowest BCUT2D eigenvalue weighted by atomic mass is 9.98. The Morgan fingerprint density at radius 1 is 1.30 bits per heavy atom. The van der Waals surface area contributed by atoms with E-state index in [1.165, 1.54) is 16.1 Å². The van der Waals surface area contributed by atoms with Crippen LogP contribution in [-0.2, 0) is 21.2 Å². The highest BCUT2D eigenvalue weighted by Crippen LogP contribution is 2.21. The van der Waals surface area contributed by atoms with Crippen molar-refractivity contribution in [3.63, 3.8) is 0 Å². The number of piperidine rings is 1. The van der Waals surface area contributed by atoms with Crippen molar-refractivity contribution in [2.45, 2.75) is 26.2 Å². The average Bonchev–Trinajstić information content (AvgIpc) is 2.55. The molecule has 5 nitrogen and oxygen atoms in total. The number of carbonyl (C=O) groups excluding carboxylic acids is 1. The van der Waals surface area contributed by atoms with Crippen LogP contribution in [0.4, 0.5) is 0 Å². The van der Waals surface area contributed by atoms with Crippen molar-refractivity contribution >= 4 is 15.9 Å². The summed E-state index contributed by atoms with van der Waals surface area (Å²) in [7, 11) is -3.22. The van der Waals surface area contributed by atoms with Gasteiger partial charge in [-0.1, -0.05) is 30.3 Å². The molecule has 1 heterocycles. The molecule has 1 atom stereocenters. The molecule has 23 heavy (non-hydrogen) atoms. The van der Waals surface area contributed by atoms with Crippen LogP contribution in [0.3, 0.4) is 0 Å². The average molecular weight is 338 g/mol. The van der Waals surface area contributed by atoms with Crippen molar-refractivity contribution in [2.24, 2.45) is 5.92 Å². The van der Waals surface area contributed by atoms with E-state index in [9.17, 15) is 13.2 Å². The van der Waals surface area contributed by atoms with Gasteiger partial charge in [0.15, 0.2) is 0 Å². The molecule has 1 aliphatic rings. The van der Waals surface area contributed by atoms with Gasteiger partial charge in [0.1, 0.15) is 0 Å². The number of carbonyl (C=O) groups is 1. The third-order valence-electron chi connectivity index (χ3n) is 4.41. The molecule has 1 fully saturated rings. The van der Waals surface area contributed by atoms with Gasteiger partial charge in [0, 0.05) is 26.2 Å². The van der Waals surface area contributed by atoms with Crippen LogP contribution >= 0.6 is 0 Å². The maximum absolute atomic E-state index is 12.7. The molecular formula is C17H26N2O3S. The minimum atomic E-state index is -3.22. The van der Waals surface area contributed by atoms with E-state index in [0.29, 0.717) is 26.2 Å². The largest absolute Gasteiger partial charge is 0.342 e. The van der Waals surface area contributed by atoms with Crippen molar-refractivity contribution in [3.05, 3.63) is 35.9 Å². The first kappa shape index (κ1) is 17.9. The Bertz CT molecular complexity index is 616. The van der Waals surface area contributed by atoms with Crippen LogP contribution in [0.1, 0.15) is 25.3 Å². The van der Waals surface area contributed by atoms with Crippen molar-refractivity contribution < 1.29 is 13.2 Å². The fraction of sp³-hybridized carbons (Fsp3) is 0.588. The van der Waals surface area contributed by atoms with Crippen LogP contribution in [0.5, 0.6) is 0 Å². The molecule has 6 heteroatoms. The first-order valence-electron chi connectivity index (χ1n) is 8.19. The lowest BCUT2D eigenvalue weighted by molar-refractivity contribution is -0.136. The monoisotopic (exact) mass is 338 g/mol. The summed E-state index contributed by atoms with van der Waals surface area (Å²) in [5, 5.41) is 0. The Hall–Kier alpha value is -1.40. The van der Waals surface area contributed by atoms with E-state index in [1.807, 2.05) is 30.0 Å². The van der Waals surface area contributed by atoms with Gasteiger partial charge in [-0.3, -0.25) is 4.79 Å². The molecule has 2 rings (SSSR count). The van der Waals surface area contributed by atoms with E-state index in [1.54, 1.807) is 0 Å². The summed E-state index contributed by atoms with van der Waals surface area (Å²) in [5.41, 5.74) is 1.21. The number of sulfonamides is 1. The van der Waals surface area contributed by atoms with Gasteiger partial charge in [0.2, 0.25) is 15.9 Å². The van der Waals surface area contributed by atoms with E-state index in [2.05, 4.69) is 12.1 Å². The Morgan fingerprint density at radius 3 is 2.61 bits per heavy atom. The molecular weight excluding hydrogens is 312 g/mol. The fourth-order valence-electron chi connectivity index (χ4n) is 3.04. The lowest BCUT2D eigenvalue weighted by Crippen LogP contribution is -2.46. The van der Waals surface area contributed by atoms with Crippen LogP contribution in [0, 0.1) is 5.92 Å². The highest BCUT2D eigenvalue weighted by atomic mass is 32.2. The highest BCUT2D eigenvalue weighted by molar-refractivity contribution is 7.88. The van der Waals surface area contributed by atoms with Gasteiger partial charge < -0.3 is 4.90 Å². The second-order valence-corrected chi connectivity index (χ2v) is 8.10. The zero-order valence-electron chi connectivity index (χ0n) is 13.9. The summed E-state index contributed by atoms with van der Waals surface area (Å²) in [6.45, 7) is 4.15. The normalized spacial score (nSPS) is 19.5. The number of hydrogen-bond acceptors (Lipinski definition) is 3. The number of benzene rings is 1. The number of likely N-dealkylation sites (N-methyl/N-ethyl adjacent to an activating group) is 1. The summed E-state index contributed by atoms with van der Waals surface area (Å²) >= 11 is 0. The zero-order valence-corrected chi connectivity index (χ0v) is 14.8. The summed E-state index contributed by atoms with van der Waals surface area (Å²) in [5.74, 6) is -0.133. The standard InChI is InChI=1S/C17H26N2O3S/c1-3-18(13-11-15-8-5-4-6-9-15)17(20)16-10-7-12-19(14-16)23(2,21)22/h4-6,8-9,16H,3,7,10-14H2,1-2H3. The Morgan fingerprint density at radius 2 is 2.00 bits per heavy atom. The minimum absolute atomic E-state index is 0.0804. The molecule has 1 aromatic rings. The highest BCUT2D eigenvalue weighted by Gasteiger charge is 2.32. The molecule has 1 aliphatic heterocycles. The van der Waals surface area contributed by atoms with Crippen LogP contribution in [0.15, 0.2) is 30.3 Å². The first-order chi connectivity index (χ1) is 10.9. The molecule has 1 saturated heterocycles. The van der Waals surface area contributed by atoms with E-state index in [0.717, 1.165) is 19.3 Å². The topological polar surface area (TPSA) is 57.7 Å². The SMILES string of the molecule is CCN(CCc1ccccc1)C(=O)C1CCCN(S(C)(=O)=O)C1. The van der Waals surface area contributed by atoms with Crippen molar-refractivity contribution in [1.82, 2.24) is 9.21 Å². The first-order valence-corrected chi connectivity index (χ1v) is 10.0. The maximum atomic E-state index is 12.7. The number of hydrogen-bond donors (Lipinski definition) is 0. The van der Waals surface area contributed by atoms with Crippen molar-refractivity contribution in [1.29, 1.82) is 0 Å². The van der Waals surface area contributed by atoms with Crippen molar-refractivity contribution in [2.75, 3.05) is 32.4 Å². The summed E-state index contributed by atoms with van der Waals surface area (Å²) < 4.78 is 24.8. The zero-order chi connectivity index (χ0) is 16.9. The molecule has 0 radical (unpaired) electrons. The third kappa shape index (κ3) is 5.04. The predicted octanol–water partition coefficient (Wildman–Crippen LogP) is 1.75. The summed E-state index contributed by atoms with van der Waals surface area (Å²) in [6.07, 6.45) is 3.56. The van der Waals surface area contributed by atoms with Gasteiger partial charge in [-0.25, -0.2) is 12.7 Å². The molecule has 0 bridgehead atoms. The fourth-order valence-corrected chi connectivity index (χ4v) is 3.95. The number of amides is 1. The maximum Gasteiger partial charge on any atom is 0.227 e. The van der Waals surface area contributed by atoms with Crippen LogP contribution < -0.4 is 0 Å². The molecule has 128 valence electrons. The van der Waals surface area contributed by atoms with E-state index in [4.69, 9.17) is 0 Å². The molecule has 0 N–H and O–H groups in total. The summed E-state index contributed by atoms with van der Waals surface area (Å²) in [6, 6.07) is 10.1. The predicted molar refractivity (Wildman–Crippen MR) is 91.5 cm³/mol. The van der Waals surface area contributed by atoms with E-state index in [-0.39, 0.29) is 11.8 Å². The molecule has 0 saturated carbocycles. The van der Waals surface area contributed by atoms with Crippen LogP contribution in [0.25, 0.3) is 0 Å². The molecule has 1 amide bonds. The quantitative estimate of drug-likeness (QED) is 0.794. The molecule has 1 unspecified atom stereocenters. The van der Waals surface area contributed by atoms with Gasteiger partial charge in [-0.2, -0.15) is 0 Å². The van der Waals surface area contributed by atoms with Gasteiger partial charge >= 0.3 is 0 Å². The lowest BCUT2D eigenvalue weighted by Gasteiger charge is -2.33. The second-order valence-electron chi connectivity index (χ2n) is 6.11. The second kappa shape index (κ2) is 7.93. The van der Waals surface area contributed by atoms with Gasteiger partial charge in [-0.15, -0.1) is 0 Å². The molecule has 0 spiro atoms. The van der Waals surface area contributed by atoms with Gasteiger partial charge in [0.05, 0.1) is 12.2 Å². The van der Waals surface area contributed by atoms with E-state index < -0.39 is 10.0 Å². The van der Waals surface area contributed by atoms with Crippen LogP contribution in [-0.4, -0.2) is 56.0 Å². The smallest absolute Gasteiger partial charge is 0.227 e. The van der Waals surface area contributed by atoms with E-state index >= 15 is 0 Å².